The van der Waals surface area contributed by atoms with Crippen LogP contribution in [0.15, 0.2) is 54.6 Å². The van der Waals surface area contributed by atoms with Gasteiger partial charge in [-0.2, -0.15) is 0 Å². The molecule has 2 aromatic carbocycles. The molecule has 35 heavy (non-hydrogen) atoms. The van der Waals surface area contributed by atoms with Gasteiger partial charge in [-0.15, -0.1) is 0 Å². The van der Waals surface area contributed by atoms with Crippen LogP contribution in [0, 0.1) is 0 Å². The summed E-state index contributed by atoms with van der Waals surface area (Å²) < 4.78 is 18.7. The molecule has 3 saturated heterocycles. The summed E-state index contributed by atoms with van der Waals surface area (Å²) in [6.45, 7) is 6.39. The molecule has 188 valence electrons. The molecule has 3 heterocycles. The number of nitrogens with zero attached hydrogens (tertiary/aromatic N) is 3. The zero-order valence-corrected chi connectivity index (χ0v) is 20.7. The number of para-hydroxylation sites is 2. The molecule has 3 fully saturated rings. The summed E-state index contributed by atoms with van der Waals surface area (Å²) in [5.41, 5.74) is 2.14. The number of carbonyl (C=O) groups is 1. The first-order chi connectivity index (χ1) is 17.2. The maximum atomic E-state index is 12.8. The highest BCUT2D eigenvalue weighted by atomic mass is 16.7. The number of likely N-dealkylation sites (tertiary alicyclic amines) is 1. The van der Waals surface area contributed by atoms with Crippen LogP contribution in [0.4, 0.5) is 5.69 Å². The smallest absolute Gasteiger partial charge is 0.222 e. The van der Waals surface area contributed by atoms with E-state index < -0.39 is 5.79 Å². The monoisotopic (exact) mass is 479 g/mol. The van der Waals surface area contributed by atoms with Crippen molar-refractivity contribution in [3.63, 3.8) is 0 Å². The summed E-state index contributed by atoms with van der Waals surface area (Å²) in [5, 5.41) is 0. The summed E-state index contributed by atoms with van der Waals surface area (Å²) >= 11 is 0. The van der Waals surface area contributed by atoms with E-state index in [0.717, 1.165) is 75.5 Å². The Bertz CT molecular complexity index is 979. The van der Waals surface area contributed by atoms with Crippen molar-refractivity contribution in [1.29, 1.82) is 0 Å². The molecule has 1 amide bonds. The fraction of sp³-hybridized carbons (Fsp3) is 0.536. The Morgan fingerprint density at radius 2 is 1.71 bits per heavy atom. The van der Waals surface area contributed by atoms with Crippen LogP contribution in [0.25, 0.3) is 0 Å². The predicted octanol–water partition coefficient (Wildman–Crippen LogP) is 3.49. The summed E-state index contributed by atoms with van der Waals surface area (Å²) in [7, 11) is 1.73. The molecule has 0 saturated carbocycles. The van der Waals surface area contributed by atoms with E-state index in [1.165, 1.54) is 0 Å². The molecular formula is C28H37N3O4. The van der Waals surface area contributed by atoms with Gasteiger partial charge in [-0.1, -0.05) is 48.9 Å². The molecule has 0 radical (unpaired) electrons. The van der Waals surface area contributed by atoms with Gasteiger partial charge in [0.15, 0.2) is 0 Å². The van der Waals surface area contributed by atoms with E-state index in [0.29, 0.717) is 19.6 Å². The maximum Gasteiger partial charge on any atom is 0.222 e. The van der Waals surface area contributed by atoms with Gasteiger partial charge in [0.1, 0.15) is 5.75 Å². The Labute approximate surface area is 208 Å². The Morgan fingerprint density at radius 3 is 2.51 bits per heavy atom. The van der Waals surface area contributed by atoms with Crippen LogP contribution in [0.5, 0.6) is 5.75 Å². The van der Waals surface area contributed by atoms with E-state index in [1.54, 1.807) is 7.11 Å². The molecule has 2 aromatic rings. The average molecular weight is 480 g/mol. The molecule has 0 spiro atoms. The predicted molar refractivity (Wildman–Crippen MR) is 136 cm³/mol. The van der Waals surface area contributed by atoms with Crippen LogP contribution in [0.2, 0.25) is 0 Å². The van der Waals surface area contributed by atoms with Crippen molar-refractivity contribution in [1.82, 2.24) is 9.80 Å². The van der Waals surface area contributed by atoms with Crippen molar-refractivity contribution in [2.75, 3.05) is 64.4 Å². The lowest BCUT2D eigenvalue weighted by Gasteiger charge is -2.38. The van der Waals surface area contributed by atoms with Gasteiger partial charge in [0.05, 0.1) is 32.1 Å². The molecule has 7 heteroatoms. The first-order valence-corrected chi connectivity index (χ1v) is 12.9. The zero-order valence-electron chi connectivity index (χ0n) is 20.7. The van der Waals surface area contributed by atoms with Gasteiger partial charge in [0.25, 0.3) is 0 Å². The molecule has 0 N–H and O–H groups in total. The lowest BCUT2D eigenvalue weighted by atomic mass is 10.0. The molecule has 7 nitrogen and oxygen atoms in total. The largest absolute Gasteiger partial charge is 0.495 e. The molecule has 0 aromatic heterocycles. The molecule has 0 unspecified atom stereocenters. The van der Waals surface area contributed by atoms with E-state index in [2.05, 4.69) is 34.1 Å². The normalized spacial score (nSPS) is 26.1. The van der Waals surface area contributed by atoms with Gasteiger partial charge >= 0.3 is 0 Å². The lowest BCUT2D eigenvalue weighted by Crippen LogP contribution is -2.49. The van der Waals surface area contributed by atoms with Gasteiger partial charge in [0.2, 0.25) is 11.7 Å². The van der Waals surface area contributed by atoms with Crippen LogP contribution in [0.1, 0.15) is 31.2 Å². The minimum absolute atomic E-state index is 0.0323. The molecular weight excluding hydrogens is 442 g/mol. The number of methoxy groups -OCH3 is 1. The van der Waals surface area contributed by atoms with Crippen LogP contribution < -0.4 is 9.64 Å². The van der Waals surface area contributed by atoms with E-state index >= 15 is 0 Å². The highest BCUT2D eigenvalue weighted by molar-refractivity contribution is 5.76. The van der Waals surface area contributed by atoms with Crippen molar-refractivity contribution in [3.05, 3.63) is 60.2 Å². The number of anilines is 1. The summed E-state index contributed by atoms with van der Waals surface area (Å²) in [5.74, 6) is 0.232. The van der Waals surface area contributed by atoms with E-state index in [1.807, 2.05) is 35.2 Å². The van der Waals surface area contributed by atoms with Gasteiger partial charge in [0, 0.05) is 51.3 Å². The van der Waals surface area contributed by atoms with Gasteiger partial charge in [-0.3, -0.25) is 9.69 Å². The Morgan fingerprint density at radius 1 is 0.943 bits per heavy atom. The van der Waals surface area contributed by atoms with Gasteiger partial charge in [-0.05, 0) is 25.0 Å². The maximum absolute atomic E-state index is 12.8. The minimum Gasteiger partial charge on any atom is -0.495 e. The lowest BCUT2D eigenvalue weighted by molar-refractivity contribution is -0.193. The standard InChI is InChI=1S/C28H37N3O4/c1-33-26-13-8-7-12-25(26)30-18-16-29(17-19-30)20-24-21-34-28(35-24,23-10-4-2-5-11-23)22-31-15-9-3-6-14-27(31)32/h2,4-5,7-8,10-13,24H,3,6,9,14-22H2,1H3/t24-,28-/m1/s1. The number of carbonyl (C=O) groups excluding carboxylic acids is 1. The molecule has 3 aliphatic heterocycles. The van der Waals surface area contributed by atoms with Crippen molar-refractivity contribution in [3.8, 4) is 5.75 Å². The molecule has 2 atom stereocenters. The third-order valence-corrected chi connectivity index (χ3v) is 7.40. The van der Waals surface area contributed by atoms with Crippen molar-refractivity contribution >= 4 is 11.6 Å². The first kappa shape index (κ1) is 24.1. The second kappa shape index (κ2) is 11.0. The number of rotatable bonds is 7. The average Bonchev–Trinajstić information content (AvgIpc) is 3.21. The minimum atomic E-state index is -0.898. The van der Waals surface area contributed by atoms with Crippen molar-refractivity contribution < 1.29 is 19.0 Å². The molecule has 3 aliphatic rings. The first-order valence-electron chi connectivity index (χ1n) is 12.9. The Kier molecular flexibility index (Phi) is 7.56. The number of ether oxygens (including phenoxy) is 3. The third kappa shape index (κ3) is 5.47. The number of hydrogen-bond acceptors (Lipinski definition) is 6. The third-order valence-electron chi connectivity index (χ3n) is 7.40. The van der Waals surface area contributed by atoms with Crippen molar-refractivity contribution in [2.45, 2.75) is 37.6 Å². The van der Waals surface area contributed by atoms with Crippen LogP contribution in [0.3, 0.4) is 0 Å². The summed E-state index contributed by atoms with van der Waals surface area (Å²) in [6, 6.07) is 18.3. The molecule has 0 aliphatic carbocycles. The van der Waals surface area contributed by atoms with E-state index in [4.69, 9.17) is 14.2 Å². The Hall–Kier alpha value is -2.61. The van der Waals surface area contributed by atoms with E-state index in [-0.39, 0.29) is 12.0 Å². The topological polar surface area (TPSA) is 54.5 Å². The molecule has 5 rings (SSSR count). The van der Waals surface area contributed by atoms with Crippen LogP contribution in [-0.2, 0) is 20.1 Å². The van der Waals surface area contributed by atoms with Crippen LogP contribution >= 0.6 is 0 Å². The van der Waals surface area contributed by atoms with Gasteiger partial charge in [-0.25, -0.2) is 0 Å². The summed E-state index contributed by atoms with van der Waals surface area (Å²) in [4.78, 5) is 19.6. The number of hydrogen-bond donors (Lipinski definition) is 0. The molecule has 0 bridgehead atoms. The SMILES string of the molecule is COc1ccccc1N1CCN(C[C@@H]2CO[C@@](CN3CCCCCC3=O)(c3ccccc3)O2)CC1. The highest BCUT2D eigenvalue weighted by Crippen LogP contribution is 2.36. The quantitative estimate of drug-likeness (QED) is 0.606. The number of piperazine rings is 1. The number of amides is 1. The fourth-order valence-electron chi connectivity index (χ4n) is 5.48. The van der Waals surface area contributed by atoms with Gasteiger partial charge < -0.3 is 24.0 Å². The second-order valence-electron chi connectivity index (χ2n) is 9.76. The zero-order chi connectivity index (χ0) is 24.1. The number of benzene rings is 2. The fourth-order valence-corrected chi connectivity index (χ4v) is 5.48. The second-order valence-corrected chi connectivity index (χ2v) is 9.76. The van der Waals surface area contributed by atoms with Crippen molar-refractivity contribution in [2.24, 2.45) is 0 Å². The highest BCUT2D eigenvalue weighted by Gasteiger charge is 2.46. The summed E-state index contributed by atoms with van der Waals surface area (Å²) in [6.07, 6.45) is 3.70. The van der Waals surface area contributed by atoms with Crippen LogP contribution in [-0.4, -0.2) is 81.3 Å². The van der Waals surface area contributed by atoms with E-state index in [9.17, 15) is 4.79 Å². The Balaban J connectivity index is 1.23.